The normalized spacial score (nSPS) is 11.1. The number of carbonyl (C=O) groups is 2. The average molecular weight is 395 g/mol. The number of carbonyl (C=O) groups excluding carboxylic acids is 2. The summed E-state index contributed by atoms with van der Waals surface area (Å²) in [6.07, 6.45) is 0. The van der Waals surface area contributed by atoms with E-state index in [4.69, 9.17) is 4.74 Å². The highest BCUT2D eigenvalue weighted by Crippen LogP contribution is 2.15. The number of rotatable bonds is 6. The van der Waals surface area contributed by atoms with E-state index in [2.05, 4.69) is 10.9 Å². The molecule has 0 aromatic heterocycles. The standard InChI is InChI=1S/C17H18FN3O5S/c1-21(2)27(24,25)13-7-5-6-12(10-13)17(23)20-19-16(22)11-26-15-9-4-3-8-14(15)18/h3-10H,11H2,1-2H3,(H,19,22)(H,20,23). The molecule has 0 aliphatic rings. The predicted octanol–water partition coefficient (Wildman–Crippen LogP) is 0.916. The quantitative estimate of drug-likeness (QED) is 0.708. The molecule has 2 amide bonds. The van der Waals surface area contributed by atoms with Gasteiger partial charge in [0.15, 0.2) is 18.2 Å². The number of hydrogen-bond donors (Lipinski definition) is 2. The Hall–Kier alpha value is -2.98. The molecule has 27 heavy (non-hydrogen) atoms. The van der Waals surface area contributed by atoms with Crippen molar-refractivity contribution in [2.24, 2.45) is 0 Å². The lowest BCUT2D eigenvalue weighted by Gasteiger charge is -2.12. The molecule has 0 radical (unpaired) electrons. The predicted molar refractivity (Wildman–Crippen MR) is 94.8 cm³/mol. The van der Waals surface area contributed by atoms with Crippen LogP contribution in [0.2, 0.25) is 0 Å². The minimum Gasteiger partial charge on any atom is -0.481 e. The SMILES string of the molecule is CN(C)S(=O)(=O)c1cccc(C(=O)NNC(=O)COc2ccccc2F)c1. The van der Waals surface area contributed by atoms with Crippen molar-refractivity contribution in [1.29, 1.82) is 0 Å². The number of para-hydroxylation sites is 1. The van der Waals surface area contributed by atoms with Gasteiger partial charge in [-0.3, -0.25) is 20.4 Å². The zero-order valence-corrected chi connectivity index (χ0v) is 15.4. The van der Waals surface area contributed by atoms with Crippen molar-refractivity contribution in [2.75, 3.05) is 20.7 Å². The van der Waals surface area contributed by atoms with Gasteiger partial charge >= 0.3 is 0 Å². The molecular weight excluding hydrogens is 377 g/mol. The van der Waals surface area contributed by atoms with Gasteiger partial charge in [0.2, 0.25) is 10.0 Å². The van der Waals surface area contributed by atoms with Crippen LogP contribution < -0.4 is 15.6 Å². The number of halogens is 1. The van der Waals surface area contributed by atoms with Crippen LogP contribution in [0.25, 0.3) is 0 Å². The van der Waals surface area contributed by atoms with Crippen molar-refractivity contribution in [3.8, 4) is 5.75 Å². The van der Waals surface area contributed by atoms with Crippen molar-refractivity contribution in [3.63, 3.8) is 0 Å². The van der Waals surface area contributed by atoms with Crippen LogP contribution in [0, 0.1) is 5.82 Å². The summed E-state index contributed by atoms with van der Waals surface area (Å²) in [5.41, 5.74) is 4.28. The van der Waals surface area contributed by atoms with Crippen LogP contribution in [0.4, 0.5) is 4.39 Å². The van der Waals surface area contributed by atoms with Gasteiger partial charge in [-0.25, -0.2) is 17.1 Å². The molecule has 144 valence electrons. The van der Waals surface area contributed by atoms with E-state index in [-0.39, 0.29) is 16.2 Å². The zero-order valence-electron chi connectivity index (χ0n) is 14.6. The largest absolute Gasteiger partial charge is 0.481 e. The highest BCUT2D eigenvalue weighted by Gasteiger charge is 2.19. The summed E-state index contributed by atoms with van der Waals surface area (Å²) < 4.78 is 43.6. The summed E-state index contributed by atoms with van der Waals surface area (Å²) >= 11 is 0. The molecule has 2 aromatic carbocycles. The first-order valence-electron chi connectivity index (χ1n) is 7.71. The van der Waals surface area contributed by atoms with Gasteiger partial charge in [-0.15, -0.1) is 0 Å². The van der Waals surface area contributed by atoms with Gasteiger partial charge < -0.3 is 4.74 Å². The van der Waals surface area contributed by atoms with E-state index in [1.165, 1.54) is 56.6 Å². The Balaban J connectivity index is 1.94. The van der Waals surface area contributed by atoms with Gasteiger partial charge in [0, 0.05) is 19.7 Å². The summed E-state index contributed by atoms with van der Waals surface area (Å²) in [7, 11) is -0.951. The maximum absolute atomic E-state index is 13.4. The van der Waals surface area contributed by atoms with E-state index in [1.807, 2.05) is 0 Å². The van der Waals surface area contributed by atoms with Crippen LogP contribution in [0.3, 0.4) is 0 Å². The Bertz CT molecular complexity index is 947. The number of ether oxygens (including phenoxy) is 1. The van der Waals surface area contributed by atoms with Crippen LogP contribution in [0.15, 0.2) is 53.4 Å². The number of nitrogens with zero attached hydrogens (tertiary/aromatic N) is 1. The van der Waals surface area contributed by atoms with Gasteiger partial charge in [0.05, 0.1) is 4.90 Å². The third-order valence-electron chi connectivity index (χ3n) is 3.39. The Kier molecular flexibility index (Phi) is 6.48. The summed E-state index contributed by atoms with van der Waals surface area (Å²) in [6, 6.07) is 10.9. The van der Waals surface area contributed by atoms with Crippen LogP contribution in [-0.2, 0) is 14.8 Å². The lowest BCUT2D eigenvalue weighted by Crippen LogP contribution is -2.43. The smallest absolute Gasteiger partial charge is 0.276 e. The van der Waals surface area contributed by atoms with Crippen LogP contribution in [0.1, 0.15) is 10.4 Å². The van der Waals surface area contributed by atoms with Crippen LogP contribution in [-0.4, -0.2) is 45.2 Å². The van der Waals surface area contributed by atoms with E-state index < -0.39 is 34.3 Å². The van der Waals surface area contributed by atoms with Gasteiger partial charge in [-0.1, -0.05) is 18.2 Å². The Morgan fingerprint density at radius 3 is 2.44 bits per heavy atom. The first-order chi connectivity index (χ1) is 12.7. The third kappa shape index (κ3) is 5.25. The van der Waals surface area contributed by atoms with Crippen LogP contribution >= 0.6 is 0 Å². The minimum atomic E-state index is -3.70. The molecule has 2 rings (SSSR count). The summed E-state index contributed by atoms with van der Waals surface area (Å²) in [5.74, 6) is -2.15. The van der Waals surface area contributed by atoms with E-state index in [0.29, 0.717) is 0 Å². The van der Waals surface area contributed by atoms with Crippen LogP contribution in [0.5, 0.6) is 5.75 Å². The Morgan fingerprint density at radius 2 is 1.78 bits per heavy atom. The fraction of sp³-hybridized carbons (Fsp3) is 0.176. The van der Waals surface area contributed by atoms with Crippen molar-refractivity contribution in [3.05, 3.63) is 59.9 Å². The number of amides is 2. The van der Waals surface area contributed by atoms with Gasteiger partial charge in [-0.2, -0.15) is 0 Å². The molecule has 0 atom stereocenters. The molecular formula is C17H18FN3O5S. The molecule has 0 unspecified atom stereocenters. The fourth-order valence-electron chi connectivity index (χ4n) is 1.95. The number of hydrogen-bond acceptors (Lipinski definition) is 5. The lowest BCUT2D eigenvalue weighted by molar-refractivity contribution is -0.123. The molecule has 0 saturated heterocycles. The highest BCUT2D eigenvalue weighted by atomic mass is 32.2. The molecule has 0 heterocycles. The van der Waals surface area contributed by atoms with E-state index in [1.54, 1.807) is 6.07 Å². The molecule has 0 aliphatic heterocycles. The average Bonchev–Trinajstić information content (AvgIpc) is 2.65. The number of benzene rings is 2. The number of sulfonamides is 1. The second-order valence-corrected chi connectivity index (χ2v) is 7.69. The van der Waals surface area contributed by atoms with Gasteiger partial charge in [-0.05, 0) is 30.3 Å². The summed E-state index contributed by atoms with van der Waals surface area (Å²) in [6.45, 7) is -0.518. The summed E-state index contributed by atoms with van der Waals surface area (Å²) in [4.78, 5) is 23.7. The van der Waals surface area contributed by atoms with E-state index in [0.717, 1.165) is 4.31 Å². The van der Waals surface area contributed by atoms with E-state index in [9.17, 15) is 22.4 Å². The molecule has 8 nitrogen and oxygen atoms in total. The lowest BCUT2D eigenvalue weighted by atomic mass is 10.2. The molecule has 2 aromatic rings. The molecule has 10 heteroatoms. The monoisotopic (exact) mass is 395 g/mol. The minimum absolute atomic E-state index is 0.0354. The van der Waals surface area contributed by atoms with Gasteiger partial charge in [0.25, 0.3) is 11.8 Å². The molecule has 0 spiro atoms. The fourth-order valence-corrected chi connectivity index (χ4v) is 2.90. The van der Waals surface area contributed by atoms with Crippen molar-refractivity contribution in [2.45, 2.75) is 4.90 Å². The maximum Gasteiger partial charge on any atom is 0.276 e. The van der Waals surface area contributed by atoms with Crippen molar-refractivity contribution >= 4 is 21.8 Å². The molecule has 0 saturated carbocycles. The molecule has 0 fully saturated rings. The second kappa shape index (κ2) is 8.60. The second-order valence-electron chi connectivity index (χ2n) is 5.54. The first-order valence-corrected chi connectivity index (χ1v) is 9.15. The number of nitrogens with one attached hydrogen (secondary N) is 2. The first kappa shape index (κ1) is 20.3. The third-order valence-corrected chi connectivity index (χ3v) is 5.20. The highest BCUT2D eigenvalue weighted by molar-refractivity contribution is 7.89. The van der Waals surface area contributed by atoms with Gasteiger partial charge in [0.1, 0.15) is 0 Å². The summed E-state index contributed by atoms with van der Waals surface area (Å²) in [5, 5.41) is 0. The number of hydrazine groups is 1. The molecule has 2 N–H and O–H groups in total. The van der Waals surface area contributed by atoms with Crippen molar-refractivity contribution in [1.82, 2.24) is 15.2 Å². The Morgan fingerprint density at radius 1 is 1.07 bits per heavy atom. The molecule has 0 bridgehead atoms. The Labute approximate surface area is 156 Å². The topological polar surface area (TPSA) is 105 Å². The maximum atomic E-state index is 13.4. The molecule has 0 aliphatic carbocycles. The van der Waals surface area contributed by atoms with E-state index >= 15 is 0 Å². The zero-order chi connectivity index (χ0) is 20.0. The van der Waals surface area contributed by atoms with Crippen molar-refractivity contribution < 1.29 is 27.1 Å².